The predicted molar refractivity (Wildman–Crippen MR) is 77.0 cm³/mol. The van der Waals surface area contributed by atoms with E-state index in [1.807, 2.05) is 24.3 Å². The van der Waals surface area contributed by atoms with Gasteiger partial charge in [0.05, 0.1) is 12.3 Å². The molecule has 0 unspecified atom stereocenters. The van der Waals surface area contributed by atoms with Gasteiger partial charge in [-0.3, -0.25) is 4.55 Å². The minimum Gasteiger partial charge on any atom is -0.286 e. The Kier molecular flexibility index (Phi) is 5.08. The highest BCUT2D eigenvalue weighted by atomic mass is 32.2. The zero-order valence-corrected chi connectivity index (χ0v) is 12.1. The highest BCUT2D eigenvalue weighted by molar-refractivity contribution is 7.85. The fourth-order valence-corrected chi connectivity index (χ4v) is 2.64. The Morgan fingerprint density at radius 2 is 1.50 bits per heavy atom. The van der Waals surface area contributed by atoms with Crippen LogP contribution in [0.5, 0.6) is 0 Å². The molecule has 1 aromatic carbocycles. The van der Waals surface area contributed by atoms with Gasteiger partial charge in [0.15, 0.2) is 0 Å². The molecular formula is C13H19N3O3S. The van der Waals surface area contributed by atoms with E-state index in [2.05, 4.69) is 10.2 Å². The number of aromatic nitrogens is 3. The molecule has 2 rings (SSSR count). The lowest BCUT2D eigenvalue weighted by Gasteiger charge is -2.01. The fourth-order valence-electron chi connectivity index (χ4n) is 2.07. The number of nitrogens with zero attached hydrogens (tertiary/aromatic N) is 3. The quantitative estimate of drug-likeness (QED) is 0.597. The van der Waals surface area contributed by atoms with Crippen LogP contribution in [0, 0.1) is 0 Å². The number of hydrogen-bond acceptors (Lipinski definition) is 4. The molecule has 0 atom stereocenters. The van der Waals surface area contributed by atoms with Crippen LogP contribution in [0.25, 0.3) is 11.0 Å². The van der Waals surface area contributed by atoms with Crippen LogP contribution in [0.2, 0.25) is 0 Å². The van der Waals surface area contributed by atoms with E-state index >= 15 is 0 Å². The van der Waals surface area contributed by atoms with Crippen molar-refractivity contribution < 1.29 is 13.0 Å². The summed E-state index contributed by atoms with van der Waals surface area (Å²) in [5.74, 6) is -0.140. The maximum Gasteiger partial charge on any atom is 0.264 e. The summed E-state index contributed by atoms with van der Waals surface area (Å²) in [5.41, 5.74) is 1.81. The number of benzene rings is 1. The maximum absolute atomic E-state index is 10.5. The van der Waals surface area contributed by atoms with Gasteiger partial charge < -0.3 is 0 Å². The molecule has 0 bridgehead atoms. The molecule has 1 N–H and O–H groups in total. The summed E-state index contributed by atoms with van der Waals surface area (Å²) < 4.78 is 29.6. The Bertz CT molecular complexity index is 619. The second kappa shape index (κ2) is 6.81. The Labute approximate surface area is 118 Å². The van der Waals surface area contributed by atoms with Crippen LogP contribution in [0.1, 0.15) is 32.1 Å². The highest BCUT2D eigenvalue weighted by Gasteiger charge is 2.03. The molecule has 1 heterocycles. The van der Waals surface area contributed by atoms with E-state index in [0.717, 1.165) is 43.3 Å². The summed E-state index contributed by atoms with van der Waals surface area (Å²) in [7, 11) is -3.80. The van der Waals surface area contributed by atoms with E-state index in [4.69, 9.17) is 4.55 Å². The smallest absolute Gasteiger partial charge is 0.264 e. The number of aryl methyl sites for hydroxylation is 1. The summed E-state index contributed by atoms with van der Waals surface area (Å²) in [6.07, 6.45) is 4.25. The lowest BCUT2D eigenvalue weighted by molar-refractivity contribution is 0.474. The van der Waals surface area contributed by atoms with Gasteiger partial charge in [0.25, 0.3) is 10.1 Å². The van der Waals surface area contributed by atoms with Crippen LogP contribution in [0.4, 0.5) is 0 Å². The van der Waals surface area contributed by atoms with E-state index in [9.17, 15) is 8.42 Å². The van der Waals surface area contributed by atoms with Gasteiger partial charge in [-0.05, 0) is 25.0 Å². The van der Waals surface area contributed by atoms with Gasteiger partial charge in [0, 0.05) is 0 Å². The maximum atomic E-state index is 10.5. The van der Waals surface area contributed by atoms with Gasteiger partial charge in [-0.2, -0.15) is 23.4 Å². The lowest BCUT2D eigenvalue weighted by Crippen LogP contribution is -2.04. The van der Waals surface area contributed by atoms with Crippen LogP contribution in [-0.4, -0.2) is 33.7 Å². The average Bonchev–Trinajstić information content (AvgIpc) is 2.79. The molecule has 110 valence electrons. The number of hydrogen-bond donors (Lipinski definition) is 1. The van der Waals surface area contributed by atoms with E-state index in [1.165, 1.54) is 0 Å². The third kappa shape index (κ3) is 4.90. The third-order valence-corrected chi connectivity index (χ3v) is 3.89. The SMILES string of the molecule is O=S(=O)(O)CCCCCCCn1nc2ccccc2n1. The first-order valence-corrected chi connectivity index (χ1v) is 8.40. The Balaban J connectivity index is 1.64. The van der Waals surface area contributed by atoms with E-state index in [-0.39, 0.29) is 5.75 Å². The largest absolute Gasteiger partial charge is 0.286 e. The van der Waals surface area contributed by atoms with Crippen LogP contribution in [0.15, 0.2) is 24.3 Å². The molecular weight excluding hydrogens is 278 g/mol. The molecule has 0 spiro atoms. The molecule has 1 aromatic heterocycles. The minimum atomic E-state index is -3.80. The summed E-state index contributed by atoms with van der Waals surface area (Å²) in [6.45, 7) is 0.771. The van der Waals surface area contributed by atoms with Gasteiger partial charge in [0.2, 0.25) is 0 Å². The monoisotopic (exact) mass is 297 g/mol. The predicted octanol–water partition coefficient (Wildman–Crippen LogP) is 2.27. The topological polar surface area (TPSA) is 85.1 Å². The molecule has 7 heteroatoms. The van der Waals surface area contributed by atoms with Gasteiger partial charge in [-0.15, -0.1) is 0 Å². The third-order valence-electron chi connectivity index (χ3n) is 3.09. The molecule has 6 nitrogen and oxygen atoms in total. The van der Waals surface area contributed by atoms with Crippen molar-refractivity contribution in [1.29, 1.82) is 0 Å². The first kappa shape index (κ1) is 14.9. The first-order chi connectivity index (χ1) is 9.54. The number of unbranched alkanes of at least 4 members (excludes halogenated alkanes) is 4. The molecule has 0 amide bonds. The van der Waals surface area contributed by atoms with E-state index < -0.39 is 10.1 Å². The van der Waals surface area contributed by atoms with Gasteiger partial charge >= 0.3 is 0 Å². The lowest BCUT2D eigenvalue weighted by atomic mass is 10.1. The first-order valence-electron chi connectivity index (χ1n) is 6.80. The molecule has 0 radical (unpaired) electrons. The number of rotatable bonds is 8. The number of fused-ring (bicyclic) bond motifs is 1. The second-order valence-corrected chi connectivity index (χ2v) is 6.41. The Morgan fingerprint density at radius 1 is 0.950 bits per heavy atom. The average molecular weight is 297 g/mol. The van der Waals surface area contributed by atoms with Gasteiger partial charge in [0.1, 0.15) is 11.0 Å². The minimum absolute atomic E-state index is 0.140. The van der Waals surface area contributed by atoms with Crippen molar-refractivity contribution in [2.45, 2.75) is 38.6 Å². The molecule has 0 fully saturated rings. The van der Waals surface area contributed by atoms with Crippen molar-refractivity contribution in [1.82, 2.24) is 15.0 Å². The van der Waals surface area contributed by atoms with Crippen LogP contribution in [0.3, 0.4) is 0 Å². The molecule has 20 heavy (non-hydrogen) atoms. The molecule has 0 aliphatic rings. The van der Waals surface area contributed by atoms with Crippen LogP contribution < -0.4 is 0 Å². The second-order valence-electron chi connectivity index (χ2n) is 4.84. The van der Waals surface area contributed by atoms with Crippen molar-refractivity contribution in [3.05, 3.63) is 24.3 Å². The van der Waals surface area contributed by atoms with Crippen molar-refractivity contribution in [3.8, 4) is 0 Å². The van der Waals surface area contributed by atoms with E-state index in [0.29, 0.717) is 6.42 Å². The Morgan fingerprint density at radius 3 is 2.10 bits per heavy atom. The molecule has 0 aliphatic heterocycles. The summed E-state index contributed by atoms with van der Waals surface area (Å²) >= 11 is 0. The standard InChI is InChI=1S/C13H19N3O3S/c17-20(18,19)11-7-3-1-2-6-10-16-14-12-8-4-5-9-13(12)15-16/h4-5,8-9H,1-3,6-7,10-11H2,(H,17,18,19). The van der Waals surface area contributed by atoms with Gasteiger partial charge in [-0.1, -0.05) is 31.4 Å². The molecule has 2 aromatic rings. The van der Waals surface area contributed by atoms with Crippen molar-refractivity contribution in [3.63, 3.8) is 0 Å². The molecule has 0 saturated carbocycles. The normalized spacial score (nSPS) is 12.1. The van der Waals surface area contributed by atoms with Gasteiger partial charge in [-0.25, -0.2) is 0 Å². The van der Waals surface area contributed by atoms with Crippen LogP contribution in [-0.2, 0) is 16.7 Å². The Hall–Kier alpha value is -1.47. The van der Waals surface area contributed by atoms with Crippen molar-refractivity contribution >= 4 is 21.2 Å². The summed E-state index contributed by atoms with van der Waals surface area (Å²) in [4.78, 5) is 1.71. The highest BCUT2D eigenvalue weighted by Crippen LogP contribution is 2.09. The van der Waals surface area contributed by atoms with Crippen LogP contribution >= 0.6 is 0 Å². The van der Waals surface area contributed by atoms with E-state index in [1.54, 1.807) is 4.80 Å². The summed E-state index contributed by atoms with van der Waals surface area (Å²) in [5, 5.41) is 8.74. The van der Waals surface area contributed by atoms with Crippen molar-refractivity contribution in [2.24, 2.45) is 0 Å². The zero-order chi connectivity index (χ0) is 14.4. The molecule has 0 saturated heterocycles. The summed E-state index contributed by atoms with van der Waals surface area (Å²) in [6, 6.07) is 7.76. The fraction of sp³-hybridized carbons (Fsp3) is 0.538. The molecule has 0 aliphatic carbocycles. The van der Waals surface area contributed by atoms with Crippen molar-refractivity contribution in [2.75, 3.05) is 5.75 Å². The zero-order valence-electron chi connectivity index (χ0n) is 11.3.